The first-order valence-electron chi connectivity index (χ1n) is 10.2. The lowest BCUT2D eigenvalue weighted by molar-refractivity contribution is -0.385. The van der Waals surface area contributed by atoms with Gasteiger partial charge in [0.1, 0.15) is 0 Å². The van der Waals surface area contributed by atoms with Gasteiger partial charge in [-0.05, 0) is 72.7 Å². The Hall–Kier alpha value is -2.95. The van der Waals surface area contributed by atoms with E-state index in [2.05, 4.69) is 34.5 Å². The van der Waals surface area contributed by atoms with E-state index in [-0.39, 0.29) is 17.3 Å². The molecule has 0 unspecified atom stereocenters. The van der Waals surface area contributed by atoms with Crippen molar-refractivity contribution in [1.82, 2.24) is 0 Å². The summed E-state index contributed by atoms with van der Waals surface area (Å²) < 4.78 is 17.8. The number of nitrogens with zero attached hydrogens (tertiary/aromatic N) is 2. The highest BCUT2D eigenvalue weighted by atomic mass is 127. The molecule has 0 saturated carbocycles. The number of esters is 1. The second kappa shape index (κ2) is 10.6. The number of carbonyl (C=O) groups is 1. The monoisotopic (exact) mass is 550 g/mol. The van der Waals surface area contributed by atoms with Gasteiger partial charge in [0.25, 0.3) is 5.69 Å². The van der Waals surface area contributed by atoms with Gasteiger partial charge in [-0.2, -0.15) is 0 Å². The molecule has 0 bridgehead atoms. The Kier molecular flexibility index (Phi) is 7.84. The molecule has 0 fully saturated rings. The van der Waals surface area contributed by atoms with E-state index in [1.807, 2.05) is 13.0 Å². The fourth-order valence-corrected chi connectivity index (χ4v) is 3.91. The third-order valence-electron chi connectivity index (χ3n) is 4.73. The highest BCUT2D eigenvalue weighted by Gasteiger charge is 2.27. The average molecular weight is 550 g/mol. The summed E-state index contributed by atoms with van der Waals surface area (Å²) in [5.41, 5.74) is 1.53. The number of nitro benzene ring substituents is 1. The molecule has 1 aliphatic rings. The molecule has 0 atom stereocenters. The summed E-state index contributed by atoms with van der Waals surface area (Å²) >= 11 is 2.17. The van der Waals surface area contributed by atoms with Crippen LogP contribution < -0.4 is 9.47 Å². The van der Waals surface area contributed by atoms with Gasteiger partial charge in [-0.1, -0.05) is 19.4 Å². The highest BCUT2D eigenvalue weighted by molar-refractivity contribution is 14.1. The van der Waals surface area contributed by atoms with Crippen LogP contribution in [0.15, 0.2) is 41.0 Å². The molecule has 0 spiro atoms. The number of hydrogen-bond acceptors (Lipinski definition) is 7. The molecule has 2 aromatic rings. The van der Waals surface area contributed by atoms with Crippen molar-refractivity contribution in [1.29, 1.82) is 0 Å². The molecule has 0 saturated heterocycles. The molecule has 2 aromatic carbocycles. The first kappa shape index (κ1) is 23.7. The van der Waals surface area contributed by atoms with E-state index >= 15 is 0 Å². The van der Waals surface area contributed by atoms with Gasteiger partial charge in [-0.15, -0.1) is 0 Å². The molecule has 32 heavy (non-hydrogen) atoms. The molecular weight excluding hydrogens is 527 g/mol. The standard InChI is InChI=1S/C23H23IN2O6/c1-4-6-10-31-21-17(24)11-15(13-20(21)30-5-2)12-18-23(27)32-22(25-18)16-8-7-9-19(14(16)3)26(28)29/h7-9,11-13H,4-6,10H2,1-3H3/b18-12-. The van der Waals surface area contributed by atoms with Crippen molar-refractivity contribution in [2.75, 3.05) is 13.2 Å². The van der Waals surface area contributed by atoms with Crippen molar-refractivity contribution < 1.29 is 23.9 Å². The van der Waals surface area contributed by atoms with Crippen LogP contribution in [0.4, 0.5) is 5.69 Å². The van der Waals surface area contributed by atoms with Crippen LogP contribution in [0, 0.1) is 20.6 Å². The SMILES string of the molecule is CCCCOc1c(I)cc(/C=C2\N=C(c3cccc([N+](=O)[O-])c3C)OC2=O)cc1OCC. The van der Waals surface area contributed by atoms with Gasteiger partial charge in [-0.3, -0.25) is 10.1 Å². The molecule has 0 N–H and O–H groups in total. The summed E-state index contributed by atoms with van der Waals surface area (Å²) in [4.78, 5) is 27.5. The number of nitro groups is 1. The fraction of sp³-hybridized carbons (Fsp3) is 0.304. The number of ether oxygens (including phenoxy) is 3. The van der Waals surface area contributed by atoms with Crippen molar-refractivity contribution in [2.45, 2.75) is 33.6 Å². The van der Waals surface area contributed by atoms with E-state index in [1.165, 1.54) is 12.1 Å². The normalized spacial score (nSPS) is 14.3. The minimum Gasteiger partial charge on any atom is -0.490 e. The second-order valence-electron chi connectivity index (χ2n) is 7.01. The summed E-state index contributed by atoms with van der Waals surface area (Å²) in [6, 6.07) is 8.23. The van der Waals surface area contributed by atoms with E-state index in [4.69, 9.17) is 14.2 Å². The molecule has 0 amide bonds. The molecule has 1 heterocycles. The van der Waals surface area contributed by atoms with Gasteiger partial charge in [0, 0.05) is 17.2 Å². The Bertz CT molecular complexity index is 1110. The van der Waals surface area contributed by atoms with Crippen LogP contribution >= 0.6 is 22.6 Å². The first-order valence-corrected chi connectivity index (χ1v) is 11.3. The number of hydrogen-bond donors (Lipinski definition) is 0. The van der Waals surface area contributed by atoms with E-state index in [1.54, 1.807) is 25.1 Å². The smallest absolute Gasteiger partial charge is 0.363 e. The lowest BCUT2D eigenvalue weighted by atomic mass is 10.1. The predicted octanol–water partition coefficient (Wildman–Crippen LogP) is 5.43. The predicted molar refractivity (Wildman–Crippen MR) is 129 cm³/mol. The van der Waals surface area contributed by atoms with E-state index in [9.17, 15) is 14.9 Å². The quantitative estimate of drug-likeness (QED) is 0.103. The Balaban J connectivity index is 1.96. The molecule has 8 nitrogen and oxygen atoms in total. The summed E-state index contributed by atoms with van der Waals surface area (Å²) in [6.07, 6.45) is 3.56. The van der Waals surface area contributed by atoms with Crippen LogP contribution in [0.2, 0.25) is 0 Å². The van der Waals surface area contributed by atoms with Crippen molar-refractivity contribution in [2.24, 2.45) is 4.99 Å². The Morgan fingerprint density at radius 1 is 1.25 bits per heavy atom. The zero-order valence-electron chi connectivity index (χ0n) is 18.0. The summed E-state index contributed by atoms with van der Waals surface area (Å²) in [5, 5.41) is 11.2. The zero-order chi connectivity index (χ0) is 23.3. The number of carbonyl (C=O) groups excluding carboxylic acids is 1. The third-order valence-corrected chi connectivity index (χ3v) is 5.53. The minimum atomic E-state index is -0.623. The van der Waals surface area contributed by atoms with Crippen molar-refractivity contribution in [3.63, 3.8) is 0 Å². The lowest BCUT2D eigenvalue weighted by Crippen LogP contribution is -2.08. The molecule has 9 heteroatoms. The van der Waals surface area contributed by atoms with Crippen molar-refractivity contribution >= 4 is 46.2 Å². The molecule has 0 radical (unpaired) electrons. The largest absolute Gasteiger partial charge is 0.490 e. The Morgan fingerprint density at radius 2 is 2.03 bits per heavy atom. The van der Waals surface area contributed by atoms with E-state index in [0.717, 1.165) is 16.4 Å². The molecule has 3 rings (SSSR count). The maximum absolute atomic E-state index is 12.4. The first-order chi connectivity index (χ1) is 15.3. The summed E-state index contributed by atoms with van der Waals surface area (Å²) in [5.74, 6) is 0.685. The average Bonchev–Trinajstić information content (AvgIpc) is 3.10. The number of benzene rings is 2. The fourth-order valence-electron chi connectivity index (χ4n) is 3.13. The Morgan fingerprint density at radius 3 is 2.72 bits per heavy atom. The van der Waals surface area contributed by atoms with Crippen LogP contribution in [-0.2, 0) is 9.53 Å². The van der Waals surface area contributed by atoms with Crippen LogP contribution in [0.25, 0.3) is 6.08 Å². The van der Waals surface area contributed by atoms with Gasteiger partial charge < -0.3 is 14.2 Å². The van der Waals surface area contributed by atoms with Gasteiger partial charge in [-0.25, -0.2) is 9.79 Å². The third kappa shape index (κ3) is 5.26. The maximum Gasteiger partial charge on any atom is 0.363 e. The summed E-state index contributed by atoms with van der Waals surface area (Å²) in [6.45, 7) is 6.64. The zero-order valence-corrected chi connectivity index (χ0v) is 20.2. The van der Waals surface area contributed by atoms with Gasteiger partial charge in [0.2, 0.25) is 5.90 Å². The maximum atomic E-state index is 12.4. The van der Waals surface area contributed by atoms with Gasteiger partial charge >= 0.3 is 5.97 Å². The molecule has 1 aliphatic heterocycles. The van der Waals surface area contributed by atoms with Crippen LogP contribution in [0.1, 0.15) is 43.4 Å². The van der Waals surface area contributed by atoms with Gasteiger partial charge in [0.05, 0.1) is 21.7 Å². The second-order valence-corrected chi connectivity index (χ2v) is 8.17. The minimum absolute atomic E-state index is 0.0432. The van der Waals surface area contributed by atoms with Crippen molar-refractivity contribution in [3.8, 4) is 11.5 Å². The molecule has 168 valence electrons. The van der Waals surface area contributed by atoms with Gasteiger partial charge in [0.15, 0.2) is 17.2 Å². The van der Waals surface area contributed by atoms with E-state index in [0.29, 0.717) is 41.4 Å². The number of rotatable bonds is 9. The number of cyclic esters (lactones) is 1. The molecule has 0 aliphatic carbocycles. The van der Waals surface area contributed by atoms with Crippen LogP contribution in [0.5, 0.6) is 11.5 Å². The van der Waals surface area contributed by atoms with Crippen LogP contribution in [-0.4, -0.2) is 30.0 Å². The molecule has 0 aromatic heterocycles. The topological polar surface area (TPSA) is 100 Å². The van der Waals surface area contributed by atoms with Crippen LogP contribution in [0.3, 0.4) is 0 Å². The Labute approximate surface area is 199 Å². The lowest BCUT2D eigenvalue weighted by Gasteiger charge is -2.14. The number of unbranched alkanes of at least 4 members (excludes halogenated alkanes) is 1. The van der Waals surface area contributed by atoms with Crippen molar-refractivity contribution in [3.05, 3.63) is 66.4 Å². The molecular formula is C23H23IN2O6. The summed E-state index contributed by atoms with van der Waals surface area (Å²) in [7, 11) is 0. The number of halogens is 1. The number of aliphatic imine (C=N–C) groups is 1. The van der Waals surface area contributed by atoms with E-state index < -0.39 is 10.9 Å². The highest BCUT2D eigenvalue weighted by Crippen LogP contribution is 2.35.